The Morgan fingerprint density at radius 2 is 1.33 bits per heavy atom. The first kappa shape index (κ1) is 9.88. The van der Waals surface area contributed by atoms with Gasteiger partial charge in [0.2, 0.25) is 9.23 Å². The van der Waals surface area contributed by atoms with Crippen molar-refractivity contribution in [3.8, 4) is 0 Å². The zero-order valence-corrected chi connectivity index (χ0v) is 5.90. The average Bonchev–Trinajstić information content (AvgIpc) is 1.41. The zero-order valence-electron chi connectivity index (χ0n) is 3.57. The van der Waals surface area contributed by atoms with Crippen LogP contribution in [0.4, 0.5) is 0 Å². The van der Waals surface area contributed by atoms with E-state index in [2.05, 4.69) is 21.4 Å². The van der Waals surface area contributed by atoms with Crippen molar-refractivity contribution in [3.63, 3.8) is 0 Å². The highest BCUT2D eigenvalue weighted by Gasteiger charge is 1.67. The summed E-state index contributed by atoms with van der Waals surface area (Å²) in [6.07, 6.45) is 0. The third kappa shape index (κ3) is 123. The minimum absolute atomic E-state index is 1.67. The number of hydrogen-bond acceptors (Lipinski definition) is 1. The molecule has 0 aromatic rings. The lowest BCUT2D eigenvalue weighted by atomic mass is 11.0. The van der Waals surface area contributed by atoms with E-state index in [1.807, 2.05) is 13.8 Å². The Hall–Kier alpha value is 0.730. The second-order valence-corrected chi connectivity index (χ2v) is 2.71. The van der Waals surface area contributed by atoms with Gasteiger partial charge in [0.15, 0.2) is 0 Å². The van der Waals surface area contributed by atoms with E-state index in [9.17, 15) is 0 Å². The maximum atomic E-state index is 9.09. The van der Waals surface area contributed by atoms with E-state index in [1.54, 1.807) is 0 Å². The lowest BCUT2D eigenvalue weighted by molar-refractivity contribution is 0.698. The molecule has 0 N–H and O–H groups in total. The standard InChI is InChI=1S/C2H6.Cl2OS/c1-2;1-4(2)3/h1-2H3;. The molecule has 0 saturated heterocycles. The lowest BCUT2D eigenvalue weighted by Gasteiger charge is -1.50. The Morgan fingerprint density at radius 3 is 1.33 bits per heavy atom. The van der Waals surface area contributed by atoms with Crippen LogP contribution in [0, 0.1) is 0 Å². The largest absolute Gasteiger partial charge is 0.225 e. The van der Waals surface area contributed by atoms with Crippen molar-refractivity contribution >= 4 is 30.6 Å². The highest BCUT2D eigenvalue weighted by atomic mass is 36.0. The molecule has 0 bridgehead atoms. The van der Waals surface area contributed by atoms with Gasteiger partial charge in [0.05, 0.1) is 0 Å². The second kappa shape index (κ2) is 9.21. The summed E-state index contributed by atoms with van der Waals surface area (Å²) < 4.78 is 9.09. The average molecular weight is 149 g/mol. The number of rotatable bonds is 0. The van der Waals surface area contributed by atoms with Crippen LogP contribution in [0.3, 0.4) is 0 Å². The van der Waals surface area contributed by atoms with E-state index >= 15 is 0 Å². The molecule has 0 unspecified atom stereocenters. The van der Waals surface area contributed by atoms with Crippen molar-refractivity contribution in [1.29, 1.82) is 0 Å². The fourth-order valence-electron chi connectivity index (χ4n) is 0. The molecule has 0 aromatic heterocycles. The summed E-state index contributed by atoms with van der Waals surface area (Å²) in [7, 11) is 7.36. The van der Waals surface area contributed by atoms with Gasteiger partial charge >= 0.3 is 0 Å². The second-order valence-electron chi connectivity index (χ2n) is 0.184. The van der Waals surface area contributed by atoms with Gasteiger partial charge in [-0.05, 0) is 0 Å². The lowest BCUT2D eigenvalue weighted by Crippen LogP contribution is -1.41. The molecule has 0 aliphatic carbocycles. The van der Waals surface area contributed by atoms with E-state index in [4.69, 9.17) is 4.21 Å². The molecule has 0 rings (SSSR count). The van der Waals surface area contributed by atoms with E-state index in [1.165, 1.54) is 0 Å². The van der Waals surface area contributed by atoms with Crippen LogP contribution in [-0.2, 0) is 9.23 Å². The first-order valence-electron chi connectivity index (χ1n) is 1.48. The third-order valence-electron chi connectivity index (χ3n) is 0. The smallest absolute Gasteiger partial charge is 0.211 e. The quantitative estimate of drug-likeness (QED) is 0.482. The van der Waals surface area contributed by atoms with Gasteiger partial charge in [-0.2, -0.15) is 0 Å². The minimum Gasteiger partial charge on any atom is -0.225 e. The molecule has 0 aliphatic heterocycles. The molecule has 0 radical (unpaired) electrons. The Kier molecular flexibility index (Phi) is 15.2. The van der Waals surface area contributed by atoms with Gasteiger partial charge < -0.3 is 0 Å². The van der Waals surface area contributed by atoms with E-state index < -0.39 is 9.23 Å². The molecule has 6 heavy (non-hydrogen) atoms. The van der Waals surface area contributed by atoms with Gasteiger partial charge in [-0.3, -0.25) is 0 Å². The summed E-state index contributed by atoms with van der Waals surface area (Å²) in [5.41, 5.74) is 0. The van der Waals surface area contributed by atoms with Crippen LogP contribution < -0.4 is 0 Å². The van der Waals surface area contributed by atoms with Crippen LogP contribution in [0.5, 0.6) is 0 Å². The predicted octanol–water partition coefficient (Wildman–Crippen LogP) is 2.07. The highest BCUT2D eigenvalue weighted by Crippen LogP contribution is 1.89. The predicted molar refractivity (Wildman–Crippen MR) is 31.2 cm³/mol. The molecule has 0 heterocycles. The number of halogens is 2. The topological polar surface area (TPSA) is 17.1 Å². The van der Waals surface area contributed by atoms with Crippen LogP contribution in [0.1, 0.15) is 13.8 Å². The molecule has 0 aromatic carbocycles. The minimum atomic E-state index is -1.67. The molecule has 4 heteroatoms. The van der Waals surface area contributed by atoms with Gasteiger partial charge in [-0.1, -0.05) is 13.8 Å². The summed E-state index contributed by atoms with van der Waals surface area (Å²) in [6, 6.07) is 0. The Balaban J connectivity index is 0. The highest BCUT2D eigenvalue weighted by molar-refractivity contribution is 8.26. The summed E-state index contributed by atoms with van der Waals surface area (Å²) in [6.45, 7) is 4.00. The molecular weight excluding hydrogens is 143 g/mol. The van der Waals surface area contributed by atoms with Gasteiger partial charge in [0.25, 0.3) is 0 Å². The molecule has 0 saturated carbocycles. The Labute approximate surface area is 49.1 Å². The molecule has 0 aliphatic rings. The van der Waals surface area contributed by atoms with Crippen LogP contribution in [0.15, 0.2) is 0 Å². The van der Waals surface area contributed by atoms with Crippen LogP contribution in [-0.4, -0.2) is 4.21 Å². The summed E-state index contributed by atoms with van der Waals surface area (Å²) >= 11 is 0. The first-order valence-corrected chi connectivity index (χ1v) is 4.28. The molecule has 1 nitrogen and oxygen atoms in total. The van der Waals surface area contributed by atoms with E-state index in [0.717, 1.165) is 0 Å². The van der Waals surface area contributed by atoms with Crippen molar-refractivity contribution < 1.29 is 4.21 Å². The molecule has 0 amide bonds. The maximum Gasteiger partial charge on any atom is 0.211 e. The maximum absolute atomic E-state index is 9.09. The number of hydrogen-bond donors (Lipinski definition) is 0. The van der Waals surface area contributed by atoms with Gasteiger partial charge in [0, 0.05) is 21.4 Å². The monoisotopic (exact) mass is 148 g/mol. The molecular formula is C2H6Cl2OS. The molecule has 0 atom stereocenters. The first-order chi connectivity index (χ1) is 2.73. The van der Waals surface area contributed by atoms with Crippen LogP contribution >= 0.6 is 21.4 Å². The summed E-state index contributed by atoms with van der Waals surface area (Å²) in [4.78, 5) is 0. The van der Waals surface area contributed by atoms with Crippen LogP contribution in [0.2, 0.25) is 0 Å². The molecule has 0 fully saturated rings. The van der Waals surface area contributed by atoms with Crippen molar-refractivity contribution in [2.24, 2.45) is 0 Å². The Morgan fingerprint density at radius 1 is 1.33 bits per heavy atom. The summed E-state index contributed by atoms with van der Waals surface area (Å²) in [5.74, 6) is 0. The van der Waals surface area contributed by atoms with Gasteiger partial charge in [-0.15, -0.1) is 0 Å². The Bertz CT molecular complexity index is 34.5. The zero-order chi connectivity index (χ0) is 5.58. The molecule has 0 spiro atoms. The van der Waals surface area contributed by atoms with E-state index in [-0.39, 0.29) is 0 Å². The van der Waals surface area contributed by atoms with Gasteiger partial charge in [0.1, 0.15) is 0 Å². The fraction of sp³-hybridized carbons (Fsp3) is 1.00. The van der Waals surface area contributed by atoms with Crippen molar-refractivity contribution in [3.05, 3.63) is 0 Å². The third-order valence-corrected chi connectivity index (χ3v) is 0. The van der Waals surface area contributed by atoms with E-state index in [0.29, 0.717) is 0 Å². The summed E-state index contributed by atoms with van der Waals surface area (Å²) in [5, 5.41) is 0. The molecule has 40 valence electrons. The normalized spacial score (nSPS) is 6.83. The fourth-order valence-corrected chi connectivity index (χ4v) is 0. The van der Waals surface area contributed by atoms with Crippen LogP contribution in [0.25, 0.3) is 0 Å². The SMILES string of the molecule is CC.O=S(Cl)Cl. The van der Waals surface area contributed by atoms with Crippen molar-refractivity contribution in [2.75, 3.05) is 0 Å². The van der Waals surface area contributed by atoms with Crippen molar-refractivity contribution in [1.82, 2.24) is 0 Å². The van der Waals surface area contributed by atoms with Crippen molar-refractivity contribution in [2.45, 2.75) is 13.8 Å². The van der Waals surface area contributed by atoms with Gasteiger partial charge in [-0.25, -0.2) is 4.21 Å².